The Kier molecular flexibility index (Phi) is 5.59. The summed E-state index contributed by atoms with van der Waals surface area (Å²) >= 11 is 2.34. The van der Waals surface area contributed by atoms with E-state index in [9.17, 15) is 18.0 Å². The molecule has 0 fully saturated rings. The van der Waals surface area contributed by atoms with Gasteiger partial charge in [0.25, 0.3) is 0 Å². The molecule has 9 heteroatoms. The van der Waals surface area contributed by atoms with Gasteiger partial charge in [-0.2, -0.15) is 13.2 Å². The van der Waals surface area contributed by atoms with Gasteiger partial charge in [0, 0.05) is 10.3 Å². The minimum Gasteiger partial charge on any atom is -0.330 e. The molecule has 0 saturated carbocycles. The van der Waals surface area contributed by atoms with E-state index < -0.39 is 12.0 Å². The maximum atomic E-state index is 13.0. The van der Waals surface area contributed by atoms with Crippen molar-refractivity contribution in [1.82, 2.24) is 9.97 Å². The van der Waals surface area contributed by atoms with Gasteiger partial charge in [0.1, 0.15) is 5.03 Å². The Morgan fingerprint density at radius 1 is 1.15 bits per heavy atom. The van der Waals surface area contributed by atoms with E-state index in [1.165, 1.54) is 17.4 Å². The van der Waals surface area contributed by atoms with Crippen molar-refractivity contribution in [1.29, 1.82) is 0 Å². The molecular formula is C17H14F3N3OS2. The van der Waals surface area contributed by atoms with Crippen LogP contribution in [-0.4, -0.2) is 28.0 Å². The molecule has 2 N–H and O–H groups in total. The van der Waals surface area contributed by atoms with Crippen LogP contribution in [0.1, 0.15) is 20.4 Å². The second-order valence-electron chi connectivity index (χ2n) is 5.38. The monoisotopic (exact) mass is 397 g/mol. The average molecular weight is 397 g/mol. The minimum atomic E-state index is -4.64. The molecule has 0 aliphatic carbocycles. The number of para-hydroxylation sites is 1. The molecule has 2 heterocycles. The van der Waals surface area contributed by atoms with Gasteiger partial charge in [-0.15, -0.1) is 11.3 Å². The van der Waals surface area contributed by atoms with Crippen molar-refractivity contribution in [3.05, 3.63) is 52.0 Å². The summed E-state index contributed by atoms with van der Waals surface area (Å²) in [5.41, 5.74) is 5.69. The lowest BCUT2D eigenvalue weighted by molar-refractivity contribution is -0.145. The van der Waals surface area contributed by atoms with Gasteiger partial charge in [0.2, 0.25) is 5.82 Å². The fourth-order valence-corrected chi connectivity index (χ4v) is 4.25. The molecule has 3 rings (SSSR count). The van der Waals surface area contributed by atoms with Crippen LogP contribution in [0.2, 0.25) is 0 Å². The number of thioether (sulfide) groups is 1. The van der Waals surface area contributed by atoms with E-state index in [0.717, 1.165) is 16.6 Å². The molecule has 0 bridgehead atoms. The third-order valence-electron chi connectivity index (χ3n) is 3.49. The molecule has 0 amide bonds. The summed E-state index contributed by atoms with van der Waals surface area (Å²) in [5, 5.41) is 0.642. The van der Waals surface area contributed by atoms with E-state index >= 15 is 0 Å². The molecular weight excluding hydrogens is 383 g/mol. The molecule has 136 valence electrons. The number of thiophene rings is 1. The van der Waals surface area contributed by atoms with Crippen molar-refractivity contribution in [2.24, 2.45) is 5.73 Å². The Labute approximate surface area is 155 Å². The number of Topliss-reactive ketones (excluding diaryl/α,β-unsaturated/α-hetero) is 1. The molecule has 0 saturated heterocycles. The van der Waals surface area contributed by atoms with Crippen LogP contribution in [0.3, 0.4) is 0 Å². The van der Waals surface area contributed by atoms with E-state index in [4.69, 9.17) is 5.73 Å². The summed E-state index contributed by atoms with van der Waals surface area (Å²) in [7, 11) is 0. The Morgan fingerprint density at radius 3 is 2.65 bits per heavy atom. The highest BCUT2D eigenvalue weighted by Crippen LogP contribution is 2.32. The predicted molar refractivity (Wildman–Crippen MR) is 96.7 cm³/mol. The number of alkyl halides is 3. The van der Waals surface area contributed by atoms with Gasteiger partial charge in [0.05, 0.1) is 16.1 Å². The molecule has 0 aliphatic heterocycles. The number of carbonyl (C=O) groups excluding carboxylic acids is 1. The lowest BCUT2D eigenvalue weighted by Crippen LogP contribution is -2.12. The number of ketones is 1. The van der Waals surface area contributed by atoms with E-state index in [1.807, 2.05) is 6.07 Å². The van der Waals surface area contributed by atoms with Gasteiger partial charge in [-0.3, -0.25) is 4.79 Å². The van der Waals surface area contributed by atoms with Gasteiger partial charge in [-0.1, -0.05) is 30.0 Å². The van der Waals surface area contributed by atoms with Crippen LogP contribution in [0.5, 0.6) is 0 Å². The average Bonchev–Trinajstić information content (AvgIpc) is 3.07. The number of hydrogen-bond acceptors (Lipinski definition) is 6. The third-order valence-corrected chi connectivity index (χ3v) is 5.67. The summed E-state index contributed by atoms with van der Waals surface area (Å²) in [6.07, 6.45) is -3.95. The number of fused-ring (bicyclic) bond motifs is 1. The molecule has 0 spiro atoms. The first kappa shape index (κ1) is 18.8. The lowest BCUT2D eigenvalue weighted by atomic mass is 10.2. The summed E-state index contributed by atoms with van der Waals surface area (Å²) in [4.78, 5) is 21.1. The summed E-state index contributed by atoms with van der Waals surface area (Å²) in [6.45, 7) is 0.496. The van der Waals surface area contributed by atoms with Crippen LogP contribution in [0.25, 0.3) is 10.9 Å². The Morgan fingerprint density at radius 2 is 1.92 bits per heavy atom. The topological polar surface area (TPSA) is 68.9 Å². The molecule has 2 aromatic heterocycles. The Bertz CT molecular complexity index is 940. The van der Waals surface area contributed by atoms with Crippen LogP contribution >= 0.6 is 23.1 Å². The number of carbonyl (C=O) groups is 1. The quantitative estimate of drug-likeness (QED) is 0.384. The zero-order valence-electron chi connectivity index (χ0n) is 13.4. The summed E-state index contributed by atoms with van der Waals surface area (Å²) in [5.74, 6) is -1.35. The minimum absolute atomic E-state index is 0.000876. The first-order chi connectivity index (χ1) is 12.4. The first-order valence-electron chi connectivity index (χ1n) is 7.67. The molecule has 0 radical (unpaired) electrons. The van der Waals surface area contributed by atoms with Crippen molar-refractivity contribution >= 4 is 39.8 Å². The largest absolute Gasteiger partial charge is 0.451 e. The molecule has 3 aromatic rings. The molecule has 26 heavy (non-hydrogen) atoms. The van der Waals surface area contributed by atoms with Crippen molar-refractivity contribution < 1.29 is 18.0 Å². The number of aromatic nitrogens is 2. The smallest absolute Gasteiger partial charge is 0.330 e. The molecule has 0 atom stereocenters. The fourth-order valence-electron chi connectivity index (χ4n) is 2.29. The third kappa shape index (κ3) is 4.22. The van der Waals surface area contributed by atoms with Gasteiger partial charge >= 0.3 is 6.18 Å². The number of hydrogen-bond donors (Lipinski definition) is 1. The van der Waals surface area contributed by atoms with Crippen molar-refractivity contribution in [3.8, 4) is 0 Å². The van der Waals surface area contributed by atoms with Gasteiger partial charge in [-0.05, 0) is 31.2 Å². The van der Waals surface area contributed by atoms with E-state index in [1.54, 1.807) is 24.3 Å². The van der Waals surface area contributed by atoms with Gasteiger partial charge < -0.3 is 5.73 Å². The van der Waals surface area contributed by atoms with Crippen molar-refractivity contribution in [3.63, 3.8) is 0 Å². The Balaban J connectivity index is 1.84. The highest BCUT2D eigenvalue weighted by atomic mass is 32.2. The number of rotatable bonds is 6. The zero-order chi connectivity index (χ0) is 18.7. The highest BCUT2D eigenvalue weighted by Gasteiger charge is 2.35. The number of nitrogens with zero attached hydrogens (tertiary/aromatic N) is 2. The van der Waals surface area contributed by atoms with Crippen LogP contribution in [0, 0.1) is 0 Å². The first-order valence-corrected chi connectivity index (χ1v) is 9.47. The van der Waals surface area contributed by atoms with Gasteiger partial charge in [0.15, 0.2) is 5.78 Å². The SMILES string of the molecule is NCCc1ccc(C(=O)CSc2nc(C(F)(F)F)nc3ccccc23)s1. The highest BCUT2D eigenvalue weighted by molar-refractivity contribution is 8.00. The van der Waals surface area contributed by atoms with Crippen molar-refractivity contribution in [2.45, 2.75) is 17.6 Å². The number of benzene rings is 1. The van der Waals surface area contributed by atoms with E-state index in [2.05, 4.69) is 9.97 Å². The van der Waals surface area contributed by atoms with Crippen LogP contribution in [0.15, 0.2) is 41.4 Å². The lowest BCUT2D eigenvalue weighted by Gasteiger charge is -2.09. The number of halogens is 3. The molecule has 4 nitrogen and oxygen atoms in total. The van der Waals surface area contributed by atoms with Crippen molar-refractivity contribution in [2.75, 3.05) is 12.3 Å². The number of nitrogens with two attached hydrogens (primary N) is 1. The maximum Gasteiger partial charge on any atom is 0.451 e. The van der Waals surface area contributed by atoms with Crippen LogP contribution in [-0.2, 0) is 12.6 Å². The maximum absolute atomic E-state index is 13.0. The standard InChI is InChI=1S/C17H14F3N3OS2/c18-17(19,20)16-22-12-4-2-1-3-11(12)15(23-16)25-9-13(24)14-6-5-10(26-14)7-8-21/h1-6H,7-9,21H2. The second-order valence-corrected chi connectivity index (χ2v) is 7.52. The summed E-state index contributed by atoms with van der Waals surface area (Å²) < 4.78 is 39.1. The van der Waals surface area contributed by atoms with E-state index in [-0.39, 0.29) is 22.1 Å². The fraction of sp³-hybridized carbons (Fsp3) is 0.235. The second kappa shape index (κ2) is 7.73. The predicted octanol–water partition coefficient (Wildman–Crippen LogP) is 4.19. The summed E-state index contributed by atoms with van der Waals surface area (Å²) in [6, 6.07) is 10.0. The zero-order valence-corrected chi connectivity index (χ0v) is 15.0. The van der Waals surface area contributed by atoms with Crippen LogP contribution in [0.4, 0.5) is 13.2 Å². The normalized spacial score (nSPS) is 11.8. The molecule has 0 aliphatic rings. The van der Waals surface area contributed by atoms with Crippen LogP contribution < -0.4 is 5.73 Å². The van der Waals surface area contributed by atoms with Gasteiger partial charge in [-0.25, -0.2) is 9.97 Å². The Hall–Kier alpha value is -1.97. The molecule has 0 unspecified atom stereocenters. The molecule has 1 aromatic carbocycles. The van der Waals surface area contributed by atoms with E-state index in [0.29, 0.717) is 23.2 Å².